The van der Waals surface area contributed by atoms with Gasteiger partial charge in [0.05, 0.1) is 6.04 Å². The molecule has 220 valence electrons. The van der Waals surface area contributed by atoms with Crippen molar-refractivity contribution in [3.05, 3.63) is 63.7 Å². The molecule has 2 aliphatic rings. The lowest BCUT2D eigenvalue weighted by Gasteiger charge is -2.40. The highest BCUT2D eigenvalue weighted by Crippen LogP contribution is 2.40. The second kappa shape index (κ2) is 14.1. The average Bonchev–Trinajstić information content (AvgIpc) is 3.32. The molecule has 0 spiro atoms. The molecule has 0 aliphatic carbocycles. The van der Waals surface area contributed by atoms with Gasteiger partial charge in [0.2, 0.25) is 12.3 Å². The Morgan fingerprint density at radius 2 is 1.90 bits per heavy atom. The first-order valence-corrected chi connectivity index (χ1v) is 15.0. The maximum atomic E-state index is 13.1. The third kappa shape index (κ3) is 7.35. The van der Waals surface area contributed by atoms with Crippen LogP contribution in [-0.4, -0.2) is 67.0 Å². The number of aryl methyl sites for hydroxylation is 1. The third-order valence-electron chi connectivity index (χ3n) is 8.82. The maximum Gasteiger partial charge on any atom is 0.255 e. The van der Waals surface area contributed by atoms with Gasteiger partial charge in [-0.15, -0.1) is 0 Å². The quantitative estimate of drug-likeness (QED) is 0.249. The lowest BCUT2D eigenvalue weighted by Crippen LogP contribution is -2.41. The number of anilines is 1. The summed E-state index contributed by atoms with van der Waals surface area (Å²) in [7, 11) is 1.57. The molecule has 1 fully saturated rings. The van der Waals surface area contributed by atoms with Gasteiger partial charge in [-0.2, -0.15) is 0 Å². The van der Waals surface area contributed by atoms with Crippen molar-refractivity contribution in [2.75, 3.05) is 32.0 Å². The highest BCUT2D eigenvalue weighted by Gasteiger charge is 2.35. The van der Waals surface area contributed by atoms with Gasteiger partial charge >= 0.3 is 0 Å². The van der Waals surface area contributed by atoms with Gasteiger partial charge in [-0.05, 0) is 105 Å². The van der Waals surface area contributed by atoms with E-state index >= 15 is 0 Å². The van der Waals surface area contributed by atoms with Crippen molar-refractivity contribution in [2.45, 2.75) is 76.3 Å². The second-order valence-electron chi connectivity index (χ2n) is 11.5. The van der Waals surface area contributed by atoms with E-state index in [1.54, 1.807) is 11.9 Å². The van der Waals surface area contributed by atoms with E-state index in [0.717, 1.165) is 87.7 Å². The van der Waals surface area contributed by atoms with Crippen molar-refractivity contribution < 1.29 is 19.2 Å². The fourth-order valence-corrected chi connectivity index (χ4v) is 6.37. The molecule has 0 radical (unpaired) electrons. The number of nitrogens with zero attached hydrogens (tertiary/aromatic N) is 2. The topological polar surface area (TPSA) is 98.8 Å². The van der Waals surface area contributed by atoms with Crippen LogP contribution < -0.4 is 10.6 Å². The van der Waals surface area contributed by atoms with Crippen LogP contribution in [0, 0.1) is 0 Å². The standard InChI is InChI=1S/C32H41ClN4O4/c1-32(28-19-24(33)10-12-29(28)35-22-39)14-17-36(18-15-32)16-5-3-4-7-23-8-6-9-26-27(23)20-37(31(26)41)25(21-38)11-13-30(40)34-2/h6,8-10,12,19,21-22,25H,3-5,7,11,13-18,20H2,1-2H3,(H,34,40)(H,35,39). The Kier molecular flexibility index (Phi) is 10.6. The number of hydrogen-bond donors (Lipinski definition) is 2. The molecule has 0 saturated carbocycles. The van der Waals surface area contributed by atoms with Gasteiger partial charge in [0.25, 0.3) is 5.91 Å². The molecule has 1 saturated heterocycles. The minimum Gasteiger partial charge on any atom is -0.359 e. The van der Waals surface area contributed by atoms with E-state index in [4.69, 9.17) is 11.6 Å². The van der Waals surface area contributed by atoms with Crippen molar-refractivity contribution in [3.63, 3.8) is 0 Å². The Bertz CT molecular complexity index is 1260. The van der Waals surface area contributed by atoms with Crippen LogP contribution in [0.1, 0.15) is 78.9 Å². The van der Waals surface area contributed by atoms with E-state index in [1.165, 1.54) is 5.56 Å². The Morgan fingerprint density at radius 3 is 2.61 bits per heavy atom. The van der Waals surface area contributed by atoms with Crippen LogP contribution in [0.4, 0.5) is 5.69 Å². The molecule has 0 aromatic heterocycles. The number of piperidine rings is 1. The number of halogens is 1. The minimum atomic E-state index is -0.599. The number of likely N-dealkylation sites (tertiary alicyclic amines) is 1. The number of unbranched alkanes of at least 4 members (excludes halogenated alkanes) is 2. The van der Waals surface area contributed by atoms with Gasteiger partial charge in [0, 0.05) is 36.3 Å². The number of nitrogens with one attached hydrogen (secondary N) is 2. The fourth-order valence-electron chi connectivity index (χ4n) is 6.19. The maximum absolute atomic E-state index is 13.1. The molecular weight excluding hydrogens is 540 g/mol. The summed E-state index contributed by atoms with van der Waals surface area (Å²) < 4.78 is 0. The van der Waals surface area contributed by atoms with E-state index in [2.05, 4.69) is 28.5 Å². The van der Waals surface area contributed by atoms with Crippen LogP contribution >= 0.6 is 11.6 Å². The number of aldehydes is 1. The van der Waals surface area contributed by atoms with Crippen LogP contribution in [0.15, 0.2) is 36.4 Å². The highest BCUT2D eigenvalue weighted by atomic mass is 35.5. The monoisotopic (exact) mass is 580 g/mol. The molecule has 3 amide bonds. The normalized spacial score (nSPS) is 17.1. The second-order valence-corrected chi connectivity index (χ2v) is 11.9. The smallest absolute Gasteiger partial charge is 0.255 e. The molecule has 41 heavy (non-hydrogen) atoms. The summed E-state index contributed by atoms with van der Waals surface area (Å²) >= 11 is 6.29. The minimum absolute atomic E-state index is 0.0307. The van der Waals surface area contributed by atoms with Gasteiger partial charge < -0.3 is 25.2 Å². The Morgan fingerprint density at radius 1 is 1.12 bits per heavy atom. The summed E-state index contributed by atoms with van der Waals surface area (Å²) in [4.78, 5) is 51.7. The molecule has 9 heteroatoms. The zero-order chi connectivity index (χ0) is 29.4. The summed E-state index contributed by atoms with van der Waals surface area (Å²) in [6.45, 7) is 5.74. The average molecular weight is 581 g/mol. The molecular formula is C32H41ClN4O4. The van der Waals surface area contributed by atoms with Crippen molar-refractivity contribution in [1.29, 1.82) is 0 Å². The van der Waals surface area contributed by atoms with Crippen LogP contribution in [0.3, 0.4) is 0 Å². The molecule has 4 rings (SSSR count). The van der Waals surface area contributed by atoms with Gasteiger partial charge in [-0.1, -0.05) is 37.1 Å². The number of hydrogen-bond acceptors (Lipinski definition) is 5. The highest BCUT2D eigenvalue weighted by molar-refractivity contribution is 6.30. The van der Waals surface area contributed by atoms with Crippen molar-refractivity contribution in [3.8, 4) is 0 Å². The first kappa shape index (κ1) is 30.7. The van der Waals surface area contributed by atoms with Gasteiger partial charge in [-0.3, -0.25) is 14.4 Å². The molecule has 0 bridgehead atoms. The lowest BCUT2D eigenvalue weighted by molar-refractivity contribution is -0.121. The Hall–Kier alpha value is -3.23. The fraction of sp³-hybridized carbons (Fsp3) is 0.500. The van der Waals surface area contributed by atoms with Gasteiger partial charge in [0.15, 0.2) is 0 Å². The molecule has 8 nitrogen and oxygen atoms in total. The molecule has 1 atom stereocenters. The molecule has 2 aliphatic heterocycles. The summed E-state index contributed by atoms with van der Waals surface area (Å²) in [5, 5.41) is 6.09. The molecule has 2 N–H and O–H groups in total. The van der Waals surface area contributed by atoms with Crippen LogP contribution in [0.5, 0.6) is 0 Å². The van der Waals surface area contributed by atoms with E-state index in [-0.39, 0.29) is 23.7 Å². The first-order chi connectivity index (χ1) is 19.8. The number of carbonyl (C=O) groups excluding carboxylic acids is 4. The van der Waals surface area contributed by atoms with E-state index in [0.29, 0.717) is 23.6 Å². The first-order valence-electron chi connectivity index (χ1n) is 14.6. The zero-order valence-electron chi connectivity index (χ0n) is 24.1. The number of benzene rings is 2. The summed E-state index contributed by atoms with van der Waals surface area (Å²) in [5.74, 6) is -0.262. The lowest BCUT2D eigenvalue weighted by atomic mass is 9.74. The number of fused-ring (bicyclic) bond motifs is 1. The predicted octanol–water partition coefficient (Wildman–Crippen LogP) is 4.72. The summed E-state index contributed by atoms with van der Waals surface area (Å²) in [6.07, 6.45) is 8.19. The number of rotatable bonds is 14. The Labute approximate surface area is 247 Å². The van der Waals surface area contributed by atoms with E-state index < -0.39 is 6.04 Å². The van der Waals surface area contributed by atoms with Crippen LogP contribution in [0.25, 0.3) is 0 Å². The van der Waals surface area contributed by atoms with Crippen LogP contribution in [-0.2, 0) is 32.8 Å². The van der Waals surface area contributed by atoms with E-state index in [1.807, 2.05) is 30.3 Å². The molecule has 1 unspecified atom stereocenters. The molecule has 2 aromatic rings. The Balaban J connectivity index is 1.24. The van der Waals surface area contributed by atoms with Gasteiger partial charge in [0.1, 0.15) is 6.29 Å². The van der Waals surface area contributed by atoms with Crippen molar-refractivity contribution >= 4 is 41.8 Å². The summed E-state index contributed by atoms with van der Waals surface area (Å²) in [6, 6.07) is 10.9. The molecule has 2 aromatic carbocycles. The third-order valence-corrected chi connectivity index (χ3v) is 9.06. The largest absolute Gasteiger partial charge is 0.359 e. The number of carbonyl (C=O) groups is 4. The SMILES string of the molecule is CNC(=O)CCC(C=O)N1Cc2c(CCCCCN3CCC(C)(c4cc(Cl)ccc4NC=O)CC3)cccc2C1=O. The summed E-state index contributed by atoms with van der Waals surface area (Å²) in [5.41, 5.74) is 4.78. The predicted molar refractivity (Wildman–Crippen MR) is 161 cm³/mol. The van der Waals surface area contributed by atoms with Crippen LogP contribution in [0.2, 0.25) is 5.02 Å². The molecule has 2 heterocycles. The van der Waals surface area contributed by atoms with Crippen molar-refractivity contribution in [2.24, 2.45) is 0 Å². The number of amides is 3. The van der Waals surface area contributed by atoms with Crippen molar-refractivity contribution in [1.82, 2.24) is 15.1 Å². The zero-order valence-corrected chi connectivity index (χ0v) is 24.8. The van der Waals surface area contributed by atoms with Gasteiger partial charge in [-0.25, -0.2) is 0 Å². The van der Waals surface area contributed by atoms with E-state index in [9.17, 15) is 19.2 Å².